The van der Waals surface area contributed by atoms with E-state index >= 15 is 0 Å². The molecule has 8 heteroatoms. The third-order valence-electron chi connectivity index (χ3n) is 3.61. The molecule has 0 heterocycles. The fourth-order valence-electron chi connectivity index (χ4n) is 2.15. The van der Waals surface area contributed by atoms with Gasteiger partial charge in [0.05, 0.1) is 6.61 Å². The Morgan fingerprint density at radius 3 is 2.54 bits per heavy atom. The maximum atomic E-state index is 13.1. The summed E-state index contributed by atoms with van der Waals surface area (Å²) in [5.41, 5.74) is 0.451. The fourth-order valence-corrected chi connectivity index (χ4v) is 6.43. The van der Waals surface area contributed by atoms with Crippen LogP contribution in [0.5, 0.6) is 11.5 Å². The Hall–Kier alpha value is -2.26. The molecule has 2 aromatic rings. The van der Waals surface area contributed by atoms with Crippen molar-refractivity contribution < 1.29 is 13.8 Å². The van der Waals surface area contributed by atoms with Gasteiger partial charge in [-0.2, -0.15) is 5.26 Å². The van der Waals surface area contributed by atoms with Crippen molar-refractivity contribution in [2.75, 3.05) is 6.61 Å². The van der Waals surface area contributed by atoms with Gasteiger partial charge in [0.25, 0.3) is 0 Å². The number of nitriles is 1. The average molecular weight is 417 g/mol. The predicted octanol–water partition coefficient (Wildman–Crippen LogP) is 6.30. The highest BCUT2D eigenvalue weighted by Crippen LogP contribution is 2.58. The lowest BCUT2D eigenvalue weighted by atomic mass is 10.3. The third-order valence-corrected chi connectivity index (χ3v) is 8.17. The number of amidine groups is 1. The number of ether oxygens (including phenoxy) is 1. The Kier molecular flexibility index (Phi) is 8.59. The molecule has 0 aliphatic carbocycles. The molecule has 0 spiro atoms. The fraction of sp³-hybridized carbons (Fsp3) is 0.300. The summed E-state index contributed by atoms with van der Waals surface area (Å²) in [6.45, 7) is 2.68. The number of nitrogens with one attached hydrogen (secondary N) is 1. The van der Waals surface area contributed by atoms with Gasteiger partial charge < -0.3 is 9.26 Å². The quantitative estimate of drug-likeness (QED) is 0.293. The van der Waals surface area contributed by atoms with Gasteiger partial charge in [-0.1, -0.05) is 44.2 Å². The van der Waals surface area contributed by atoms with Crippen LogP contribution in [0, 0.1) is 11.3 Å². The molecule has 2 aromatic carbocycles. The third kappa shape index (κ3) is 6.72. The highest BCUT2D eigenvalue weighted by molar-refractivity contribution is 8.56. The molecule has 0 aliphatic rings. The van der Waals surface area contributed by atoms with Crippen LogP contribution in [0.15, 0.2) is 59.6 Å². The standard InChI is InChI=1S/C20H24N3O3PS/c1-4-16(3)28-27(24,25-5-2)23-20(15-21)22-18-13-9-10-14-19(18)26-17-11-7-6-8-12-17/h6-14,16H,4-5H2,1-3H3,(H,22,23,24). The van der Waals surface area contributed by atoms with Crippen LogP contribution < -0.4 is 9.82 Å². The van der Waals surface area contributed by atoms with Crippen LogP contribution in [0.2, 0.25) is 0 Å². The van der Waals surface area contributed by atoms with Gasteiger partial charge in [-0.15, -0.1) is 0 Å². The molecule has 0 amide bonds. The number of para-hydroxylation sites is 3. The minimum atomic E-state index is -3.31. The molecule has 0 bridgehead atoms. The first-order valence-corrected chi connectivity index (χ1v) is 12.1. The van der Waals surface area contributed by atoms with E-state index in [1.165, 1.54) is 11.4 Å². The minimum absolute atomic E-state index is 0.0864. The highest BCUT2D eigenvalue weighted by Gasteiger charge is 2.28. The first-order chi connectivity index (χ1) is 13.5. The number of hydrogen-bond acceptors (Lipinski definition) is 6. The van der Waals surface area contributed by atoms with Crippen LogP contribution >= 0.6 is 18.1 Å². The largest absolute Gasteiger partial charge is 0.455 e. The number of benzene rings is 2. The zero-order valence-electron chi connectivity index (χ0n) is 16.2. The van der Waals surface area contributed by atoms with Gasteiger partial charge in [-0.25, -0.2) is 4.99 Å². The van der Waals surface area contributed by atoms with Gasteiger partial charge in [0, 0.05) is 5.25 Å². The maximum Gasteiger partial charge on any atom is 0.353 e. The molecule has 0 aromatic heterocycles. The second-order valence-corrected chi connectivity index (χ2v) is 10.4. The predicted molar refractivity (Wildman–Crippen MR) is 115 cm³/mol. The molecule has 0 saturated heterocycles. The zero-order chi connectivity index (χ0) is 20.4. The molecule has 0 fully saturated rings. The molecule has 1 N–H and O–H groups in total. The Morgan fingerprint density at radius 1 is 1.21 bits per heavy atom. The smallest absolute Gasteiger partial charge is 0.353 e. The van der Waals surface area contributed by atoms with Crippen LogP contribution in [0.3, 0.4) is 0 Å². The van der Waals surface area contributed by atoms with E-state index in [1.54, 1.807) is 25.1 Å². The molecule has 2 unspecified atom stereocenters. The van der Waals surface area contributed by atoms with Crippen molar-refractivity contribution in [3.05, 3.63) is 54.6 Å². The lowest BCUT2D eigenvalue weighted by Crippen LogP contribution is -2.19. The van der Waals surface area contributed by atoms with Crippen molar-refractivity contribution in [1.29, 1.82) is 5.26 Å². The Balaban J connectivity index is 2.28. The number of nitrogens with zero attached hydrogens (tertiary/aromatic N) is 2. The SMILES string of the molecule is CCOP(=O)(NC(C#N)=Nc1ccccc1Oc1ccccc1)SC(C)CC. The molecule has 6 nitrogen and oxygen atoms in total. The Bertz CT molecular complexity index is 884. The molecular weight excluding hydrogens is 393 g/mol. The van der Waals surface area contributed by atoms with Crippen molar-refractivity contribution in [2.24, 2.45) is 4.99 Å². The highest BCUT2D eigenvalue weighted by atomic mass is 32.7. The molecule has 28 heavy (non-hydrogen) atoms. The van der Waals surface area contributed by atoms with Gasteiger partial charge in [0.2, 0.25) is 5.84 Å². The summed E-state index contributed by atoms with van der Waals surface area (Å²) in [7, 11) is 0. The first kappa shape index (κ1) is 22.0. The second-order valence-electron chi connectivity index (χ2n) is 5.81. The molecule has 0 saturated carbocycles. The average Bonchev–Trinajstić information content (AvgIpc) is 2.69. The van der Waals surface area contributed by atoms with E-state index in [1.807, 2.05) is 56.3 Å². The van der Waals surface area contributed by atoms with Crippen LogP contribution in [0.25, 0.3) is 0 Å². The normalized spacial score (nSPS) is 14.6. The molecule has 0 aliphatic heterocycles. The van der Waals surface area contributed by atoms with Crippen molar-refractivity contribution in [1.82, 2.24) is 5.09 Å². The lowest BCUT2D eigenvalue weighted by molar-refractivity contribution is 0.343. The molecule has 148 valence electrons. The van der Waals surface area contributed by atoms with Crippen molar-refractivity contribution >= 4 is 29.6 Å². The van der Waals surface area contributed by atoms with Crippen molar-refractivity contribution in [3.8, 4) is 17.6 Å². The van der Waals surface area contributed by atoms with E-state index in [-0.39, 0.29) is 17.7 Å². The number of hydrogen-bond donors (Lipinski definition) is 1. The van der Waals surface area contributed by atoms with Gasteiger partial charge in [0.15, 0.2) is 5.75 Å². The summed E-state index contributed by atoms with van der Waals surface area (Å²) in [5, 5.41) is 12.3. The molecule has 2 rings (SSSR count). The number of aliphatic imine (C=N–C) groups is 1. The Labute approximate surface area is 170 Å². The Morgan fingerprint density at radius 2 is 1.89 bits per heavy atom. The number of rotatable bonds is 9. The van der Waals surface area contributed by atoms with Gasteiger partial charge >= 0.3 is 6.72 Å². The summed E-state index contributed by atoms with van der Waals surface area (Å²) in [6, 6.07) is 18.4. The minimum Gasteiger partial charge on any atom is -0.455 e. The monoisotopic (exact) mass is 417 g/mol. The summed E-state index contributed by atoms with van der Waals surface area (Å²) in [6.07, 6.45) is 0.830. The second kappa shape index (κ2) is 10.9. The summed E-state index contributed by atoms with van der Waals surface area (Å²) in [4.78, 5) is 4.33. The van der Waals surface area contributed by atoms with E-state index in [2.05, 4.69) is 10.1 Å². The van der Waals surface area contributed by atoms with Crippen LogP contribution in [-0.2, 0) is 9.09 Å². The summed E-state index contributed by atoms with van der Waals surface area (Å²) in [5.74, 6) is 1.06. The first-order valence-electron chi connectivity index (χ1n) is 9.01. The van der Waals surface area contributed by atoms with E-state index in [0.29, 0.717) is 17.2 Å². The van der Waals surface area contributed by atoms with Crippen LogP contribution in [-0.4, -0.2) is 17.7 Å². The zero-order valence-corrected chi connectivity index (χ0v) is 17.9. The maximum absolute atomic E-state index is 13.1. The van der Waals surface area contributed by atoms with Crippen molar-refractivity contribution in [3.63, 3.8) is 0 Å². The summed E-state index contributed by atoms with van der Waals surface area (Å²) < 4.78 is 24.4. The lowest BCUT2D eigenvalue weighted by Gasteiger charge is -2.20. The van der Waals surface area contributed by atoms with Gasteiger partial charge in [0.1, 0.15) is 17.5 Å². The van der Waals surface area contributed by atoms with Crippen molar-refractivity contribution in [2.45, 2.75) is 32.4 Å². The van der Waals surface area contributed by atoms with Gasteiger partial charge in [-0.05, 0) is 49.0 Å². The topological polar surface area (TPSA) is 83.7 Å². The van der Waals surface area contributed by atoms with Crippen LogP contribution in [0.4, 0.5) is 5.69 Å². The molecular formula is C20H24N3O3PS. The van der Waals surface area contributed by atoms with E-state index in [0.717, 1.165) is 6.42 Å². The van der Waals surface area contributed by atoms with E-state index in [9.17, 15) is 9.83 Å². The van der Waals surface area contributed by atoms with Crippen LogP contribution in [0.1, 0.15) is 27.2 Å². The summed E-state index contributed by atoms with van der Waals surface area (Å²) >= 11 is 1.19. The van der Waals surface area contributed by atoms with E-state index in [4.69, 9.17) is 9.26 Å². The van der Waals surface area contributed by atoms with E-state index < -0.39 is 6.72 Å². The molecule has 0 radical (unpaired) electrons. The van der Waals surface area contributed by atoms with Gasteiger partial charge in [-0.3, -0.25) is 9.65 Å². The molecule has 2 atom stereocenters.